The molecule has 0 unspecified atom stereocenters. The van der Waals surface area contributed by atoms with Gasteiger partial charge in [0.1, 0.15) is 0 Å². The van der Waals surface area contributed by atoms with Gasteiger partial charge in [0.25, 0.3) is 0 Å². The van der Waals surface area contributed by atoms with E-state index >= 15 is 0 Å². The molecule has 0 heterocycles. The highest BCUT2D eigenvalue weighted by molar-refractivity contribution is 5.36. The van der Waals surface area contributed by atoms with E-state index in [-0.39, 0.29) is 11.5 Å². The molecule has 76 valence electrons. The van der Waals surface area contributed by atoms with Crippen molar-refractivity contribution < 1.29 is 4.92 Å². The molecule has 0 saturated carbocycles. The minimum Gasteiger partial charge on any atom is -0.265 e. The summed E-state index contributed by atoms with van der Waals surface area (Å²) < 4.78 is 0. The molecule has 0 bridgehead atoms. The van der Waals surface area contributed by atoms with Crippen LogP contribution in [0.4, 0.5) is 0 Å². The first-order valence-electron chi connectivity index (χ1n) is 4.69. The summed E-state index contributed by atoms with van der Waals surface area (Å²) in [5, 5.41) is 10.2. The number of benzene rings is 1. The van der Waals surface area contributed by atoms with Crippen LogP contribution in [0, 0.1) is 30.9 Å². The Balaban J connectivity index is 2.87. The molecule has 3 heteroatoms. The highest BCUT2D eigenvalue weighted by Gasteiger charge is 2.05. The van der Waals surface area contributed by atoms with Crippen molar-refractivity contribution in [3.8, 4) is 0 Å². The Kier molecular flexibility index (Phi) is 3.23. The standard InChI is InChI=1S/C11H15NO2/c1-8-6-10(3)11(7-9(8)2)4-5-12(13)14/h6-7H,4-5H2,1-3H3. The largest absolute Gasteiger partial charge is 0.265 e. The smallest absolute Gasteiger partial charge is 0.207 e. The molecule has 0 N–H and O–H groups in total. The van der Waals surface area contributed by atoms with E-state index in [9.17, 15) is 10.1 Å². The molecule has 0 radical (unpaired) electrons. The zero-order valence-corrected chi connectivity index (χ0v) is 8.83. The van der Waals surface area contributed by atoms with Gasteiger partial charge >= 0.3 is 0 Å². The molecule has 0 fully saturated rings. The fourth-order valence-electron chi connectivity index (χ4n) is 1.50. The van der Waals surface area contributed by atoms with Crippen molar-refractivity contribution in [3.63, 3.8) is 0 Å². The van der Waals surface area contributed by atoms with E-state index in [0.717, 1.165) is 11.1 Å². The number of hydrogen-bond acceptors (Lipinski definition) is 2. The van der Waals surface area contributed by atoms with Crippen LogP contribution >= 0.6 is 0 Å². The van der Waals surface area contributed by atoms with E-state index in [4.69, 9.17) is 0 Å². The van der Waals surface area contributed by atoms with Gasteiger partial charge in [0.2, 0.25) is 6.54 Å². The van der Waals surface area contributed by atoms with Gasteiger partial charge in [0.15, 0.2) is 0 Å². The first kappa shape index (κ1) is 10.7. The molecule has 0 aliphatic heterocycles. The Morgan fingerprint density at radius 2 is 1.71 bits per heavy atom. The molecule has 0 spiro atoms. The summed E-state index contributed by atoms with van der Waals surface area (Å²) in [6, 6.07) is 4.14. The Morgan fingerprint density at radius 1 is 1.14 bits per heavy atom. The SMILES string of the molecule is Cc1cc(C)c(CC[N+](=O)[O-])cc1C. The minimum absolute atomic E-state index is 0.0172. The molecule has 0 aliphatic carbocycles. The minimum atomic E-state index is -0.269. The van der Waals surface area contributed by atoms with E-state index in [1.807, 2.05) is 19.9 Å². The van der Waals surface area contributed by atoms with Crippen molar-refractivity contribution in [2.45, 2.75) is 27.2 Å². The van der Waals surface area contributed by atoms with Crippen molar-refractivity contribution in [3.05, 3.63) is 44.5 Å². The van der Waals surface area contributed by atoms with Gasteiger partial charge in [-0.05, 0) is 43.0 Å². The molecule has 3 nitrogen and oxygen atoms in total. The maximum Gasteiger partial charge on any atom is 0.207 e. The van der Waals surface area contributed by atoms with Gasteiger partial charge in [0.05, 0.1) is 0 Å². The van der Waals surface area contributed by atoms with Crippen molar-refractivity contribution in [2.24, 2.45) is 0 Å². The highest BCUT2D eigenvalue weighted by atomic mass is 16.6. The third-order valence-corrected chi connectivity index (χ3v) is 2.52. The maximum atomic E-state index is 10.2. The predicted octanol–water partition coefficient (Wildman–Crippen LogP) is 2.43. The summed E-state index contributed by atoms with van der Waals surface area (Å²) in [7, 11) is 0. The van der Waals surface area contributed by atoms with Gasteiger partial charge in [-0.25, -0.2) is 0 Å². The summed E-state index contributed by atoms with van der Waals surface area (Å²) >= 11 is 0. The van der Waals surface area contributed by atoms with E-state index in [2.05, 4.69) is 13.0 Å². The second kappa shape index (κ2) is 4.22. The monoisotopic (exact) mass is 193 g/mol. The number of rotatable bonds is 3. The summed E-state index contributed by atoms with van der Waals surface area (Å²) in [6.07, 6.45) is 0.528. The van der Waals surface area contributed by atoms with Crippen LogP contribution in [0.1, 0.15) is 22.3 Å². The van der Waals surface area contributed by atoms with Gasteiger partial charge in [-0.1, -0.05) is 12.1 Å². The lowest BCUT2D eigenvalue weighted by Crippen LogP contribution is -2.05. The number of aryl methyl sites for hydroxylation is 3. The molecule has 14 heavy (non-hydrogen) atoms. The van der Waals surface area contributed by atoms with Gasteiger partial charge in [-0.2, -0.15) is 0 Å². The third-order valence-electron chi connectivity index (χ3n) is 2.52. The third kappa shape index (κ3) is 2.55. The van der Waals surface area contributed by atoms with Crippen LogP contribution in [0.5, 0.6) is 0 Å². The molecule has 0 saturated heterocycles. The van der Waals surface area contributed by atoms with Gasteiger partial charge in [-0.3, -0.25) is 10.1 Å². The lowest BCUT2D eigenvalue weighted by Gasteiger charge is -2.07. The number of nitro groups is 1. The van der Waals surface area contributed by atoms with Crippen molar-refractivity contribution in [1.29, 1.82) is 0 Å². The second-order valence-electron chi connectivity index (χ2n) is 3.67. The number of hydrogen-bond donors (Lipinski definition) is 0. The van der Waals surface area contributed by atoms with Crippen LogP contribution in [0.15, 0.2) is 12.1 Å². The quantitative estimate of drug-likeness (QED) is 0.546. The first-order chi connectivity index (χ1) is 6.50. The van der Waals surface area contributed by atoms with Gasteiger partial charge in [-0.15, -0.1) is 0 Å². The molecule has 0 aromatic heterocycles. The van der Waals surface area contributed by atoms with E-state index in [1.54, 1.807) is 0 Å². The van der Waals surface area contributed by atoms with E-state index < -0.39 is 0 Å². The molecular weight excluding hydrogens is 178 g/mol. The second-order valence-corrected chi connectivity index (χ2v) is 3.67. The van der Waals surface area contributed by atoms with Gasteiger partial charge < -0.3 is 0 Å². The van der Waals surface area contributed by atoms with Crippen molar-refractivity contribution in [1.82, 2.24) is 0 Å². The normalized spacial score (nSPS) is 10.2. The molecule has 0 atom stereocenters. The van der Waals surface area contributed by atoms with Crippen molar-refractivity contribution in [2.75, 3.05) is 6.54 Å². The first-order valence-corrected chi connectivity index (χ1v) is 4.69. The van der Waals surface area contributed by atoms with Crippen molar-refractivity contribution >= 4 is 0 Å². The summed E-state index contributed by atoms with van der Waals surface area (Å²) in [6.45, 7) is 6.11. The van der Waals surface area contributed by atoms with E-state index in [1.165, 1.54) is 11.1 Å². The Labute approximate surface area is 83.9 Å². The number of nitrogens with zero attached hydrogens (tertiary/aromatic N) is 1. The zero-order valence-electron chi connectivity index (χ0n) is 8.83. The average molecular weight is 193 g/mol. The van der Waals surface area contributed by atoms with Crippen LogP contribution in [0.25, 0.3) is 0 Å². The van der Waals surface area contributed by atoms with Crippen LogP contribution in [-0.4, -0.2) is 11.5 Å². The van der Waals surface area contributed by atoms with Crippen LogP contribution < -0.4 is 0 Å². The molecule has 1 aromatic rings. The summed E-state index contributed by atoms with van der Waals surface area (Å²) in [4.78, 5) is 9.97. The van der Waals surface area contributed by atoms with E-state index in [0.29, 0.717) is 6.42 Å². The topological polar surface area (TPSA) is 43.1 Å². The fraction of sp³-hybridized carbons (Fsp3) is 0.455. The Bertz CT molecular complexity index is 359. The maximum absolute atomic E-state index is 10.2. The van der Waals surface area contributed by atoms with Crippen LogP contribution in [0.3, 0.4) is 0 Å². The van der Waals surface area contributed by atoms with Crippen LogP contribution in [0.2, 0.25) is 0 Å². The Hall–Kier alpha value is -1.38. The lowest BCUT2D eigenvalue weighted by molar-refractivity contribution is -0.479. The molecule has 0 aliphatic rings. The Morgan fingerprint density at radius 3 is 2.29 bits per heavy atom. The summed E-state index contributed by atoms with van der Waals surface area (Å²) in [5.74, 6) is 0. The molecular formula is C11H15NO2. The fourth-order valence-corrected chi connectivity index (χ4v) is 1.50. The zero-order chi connectivity index (χ0) is 10.7. The average Bonchev–Trinajstić information content (AvgIpc) is 2.09. The molecule has 1 rings (SSSR count). The molecule has 0 amide bonds. The highest BCUT2D eigenvalue weighted by Crippen LogP contribution is 2.15. The summed E-state index contributed by atoms with van der Waals surface area (Å²) in [5.41, 5.74) is 4.68. The predicted molar refractivity (Wildman–Crippen MR) is 56.2 cm³/mol. The molecule has 1 aromatic carbocycles. The van der Waals surface area contributed by atoms with Crippen LogP contribution in [-0.2, 0) is 6.42 Å². The lowest BCUT2D eigenvalue weighted by atomic mass is 9.99. The van der Waals surface area contributed by atoms with Gasteiger partial charge in [0, 0.05) is 11.3 Å².